The number of pyridine rings is 1. The average Bonchev–Trinajstić information content (AvgIpc) is 3.11. The Hall–Kier alpha value is -3.48. The Balaban J connectivity index is 1.78. The van der Waals surface area contributed by atoms with E-state index in [1.165, 1.54) is 0 Å². The minimum absolute atomic E-state index is 0.259. The normalized spacial score (nSPS) is 12.2. The van der Waals surface area contributed by atoms with Crippen LogP contribution in [0.4, 0.5) is 11.4 Å². The van der Waals surface area contributed by atoms with Gasteiger partial charge in [-0.15, -0.1) is 0 Å². The first-order valence-corrected chi connectivity index (χ1v) is 8.96. The highest BCUT2D eigenvalue weighted by Crippen LogP contribution is 2.35. The zero-order chi connectivity index (χ0) is 20.0. The number of ether oxygens (including phenoxy) is 1. The van der Waals surface area contributed by atoms with Crippen molar-refractivity contribution in [2.45, 2.75) is 13.0 Å². The quantitative estimate of drug-likeness (QED) is 0.728. The van der Waals surface area contributed by atoms with Crippen LogP contribution in [-0.2, 0) is 13.0 Å². The van der Waals surface area contributed by atoms with Crippen LogP contribution in [0, 0.1) is 0 Å². The molecule has 7 nitrogen and oxygen atoms in total. The number of nitrogens with one attached hydrogen (secondary N) is 1. The van der Waals surface area contributed by atoms with E-state index in [9.17, 15) is 14.7 Å². The maximum absolute atomic E-state index is 12.9. The number of aryl methyl sites for hydroxylation is 2. The fourth-order valence-electron chi connectivity index (χ4n) is 3.63. The minimum atomic E-state index is -0.637. The zero-order valence-electron chi connectivity index (χ0n) is 15.9. The van der Waals surface area contributed by atoms with Crippen molar-refractivity contribution in [2.75, 3.05) is 31.4 Å². The monoisotopic (exact) mass is 379 g/mol. The van der Waals surface area contributed by atoms with E-state index in [-0.39, 0.29) is 11.3 Å². The minimum Gasteiger partial charge on any atom is -0.506 e. The fourth-order valence-corrected chi connectivity index (χ4v) is 3.63. The summed E-state index contributed by atoms with van der Waals surface area (Å²) in [4.78, 5) is 27.7. The second-order valence-electron chi connectivity index (χ2n) is 7.01. The van der Waals surface area contributed by atoms with Crippen molar-refractivity contribution in [3.8, 4) is 11.5 Å². The van der Waals surface area contributed by atoms with Crippen molar-refractivity contribution < 1.29 is 14.6 Å². The van der Waals surface area contributed by atoms with E-state index < -0.39 is 11.5 Å². The highest BCUT2D eigenvalue weighted by Gasteiger charge is 2.27. The number of hydrogen-bond donors (Lipinski definition) is 2. The summed E-state index contributed by atoms with van der Waals surface area (Å²) >= 11 is 0. The molecule has 0 atom stereocenters. The number of rotatable bonds is 4. The summed E-state index contributed by atoms with van der Waals surface area (Å²) in [5.41, 5.74) is 2.37. The summed E-state index contributed by atoms with van der Waals surface area (Å²) in [7, 11) is 5.39. The number of nitrogens with zero attached hydrogens (tertiary/aromatic N) is 2. The van der Waals surface area contributed by atoms with Gasteiger partial charge in [0.25, 0.3) is 11.5 Å². The van der Waals surface area contributed by atoms with E-state index in [2.05, 4.69) is 5.32 Å². The maximum Gasteiger partial charge on any atom is 0.267 e. The lowest BCUT2D eigenvalue weighted by molar-refractivity contribution is 0.102. The SMILES string of the molecule is COc1cc2c3c(c1)c(O)c(C(=O)Nc1ccc(N(C)C)cc1)c(=O)n3CC2. The number of aromatic hydroxyl groups is 1. The summed E-state index contributed by atoms with van der Waals surface area (Å²) in [6.07, 6.45) is 0.652. The van der Waals surface area contributed by atoms with E-state index in [4.69, 9.17) is 4.74 Å². The van der Waals surface area contributed by atoms with E-state index in [0.29, 0.717) is 35.3 Å². The highest BCUT2D eigenvalue weighted by molar-refractivity contribution is 6.09. The molecule has 1 amide bonds. The second kappa shape index (κ2) is 6.60. The molecule has 3 aromatic rings. The van der Waals surface area contributed by atoms with Gasteiger partial charge in [-0.05, 0) is 48.4 Å². The molecule has 2 N–H and O–H groups in total. The third-order valence-corrected chi connectivity index (χ3v) is 5.09. The maximum atomic E-state index is 12.9. The Morgan fingerprint density at radius 1 is 1.21 bits per heavy atom. The van der Waals surface area contributed by atoms with Crippen LogP contribution < -0.4 is 20.5 Å². The molecule has 1 aliphatic rings. The Bertz CT molecular complexity index is 1150. The molecule has 0 saturated heterocycles. The van der Waals surface area contributed by atoms with Crippen molar-refractivity contribution in [1.82, 2.24) is 4.57 Å². The molecule has 28 heavy (non-hydrogen) atoms. The second-order valence-corrected chi connectivity index (χ2v) is 7.01. The van der Waals surface area contributed by atoms with Gasteiger partial charge in [0.2, 0.25) is 0 Å². The molecule has 4 rings (SSSR count). The molecule has 2 aromatic carbocycles. The Morgan fingerprint density at radius 3 is 2.57 bits per heavy atom. The van der Waals surface area contributed by atoms with Crippen molar-refractivity contribution in [1.29, 1.82) is 0 Å². The van der Waals surface area contributed by atoms with Gasteiger partial charge in [-0.2, -0.15) is 0 Å². The van der Waals surface area contributed by atoms with Crippen LogP contribution >= 0.6 is 0 Å². The molecule has 0 bridgehead atoms. The first kappa shape index (κ1) is 17.9. The Labute approximate surface area is 161 Å². The van der Waals surface area contributed by atoms with E-state index in [1.807, 2.05) is 37.2 Å². The van der Waals surface area contributed by atoms with E-state index in [1.54, 1.807) is 29.9 Å². The van der Waals surface area contributed by atoms with Crippen LogP contribution in [0.2, 0.25) is 0 Å². The molecule has 144 valence electrons. The summed E-state index contributed by atoms with van der Waals surface area (Å²) < 4.78 is 6.85. The fraction of sp³-hybridized carbons (Fsp3) is 0.238. The molecule has 0 radical (unpaired) electrons. The summed E-state index contributed by atoms with van der Waals surface area (Å²) in [5.74, 6) is -0.377. The number of carbonyl (C=O) groups is 1. The van der Waals surface area contributed by atoms with E-state index in [0.717, 1.165) is 11.3 Å². The van der Waals surface area contributed by atoms with Crippen LogP contribution in [0.3, 0.4) is 0 Å². The Morgan fingerprint density at radius 2 is 1.93 bits per heavy atom. The molecule has 0 spiro atoms. The molecule has 1 aromatic heterocycles. The molecule has 0 saturated carbocycles. The van der Waals surface area contributed by atoms with E-state index >= 15 is 0 Å². The van der Waals surface area contributed by atoms with Crippen LogP contribution in [0.25, 0.3) is 10.9 Å². The molecule has 0 unspecified atom stereocenters. The van der Waals surface area contributed by atoms with Crippen LogP contribution in [-0.4, -0.2) is 36.8 Å². The van der Waals surface area contributed by atoms with Gasteiger partial charge in [-0.1, -0.05) is 0 Å². The van der Waals surface area contributed by atoms with Gasteiger partial charge < -0.3 is 24.6 Å². The van der Waals surface area contributed by atoms with Gasteiger partial charge in [0.05, 0.1) is 12.6 Å². The lowest BCUT2D eigenvalue weighted by Crippen LogP contribution is -2.28. The molecule has 7 heteroatoms. The van der Waals surface area contributed by atoms with Crippen molar-refractivity contribution in [2.24, 2.45) is 0 Å². The summed E-state index contributed by atoms with van der Waals surface area (Å²) in [6.45, 7) is 0.468. The number of hydrogen-bond acceptors (Lipinski definition) is 5. The summed E-state index contributed by atoms with van der Waals surface area (Å²) in [5, 5.41) is 13.9. The van der Waals surface area contributed by atoms with Crippen LogP contribution in [0.1, 0.15) is 15.9 Å². The van der Waals surface area contributed by atoms with Gasteiger partial charge in [0.1, 0.15) is 17.1 Å². The topological polar surface area (TPSA) is 83.8 Å². The van der Waals surface area contributed by atoms with Gasteiger partial charge >= 0.3 is 0 Å². The number of methoxy groups -OCH3 is 1. The highest BCUT2D eigenvalue weighted by atomic mass is 16.5. The molecular weight excluding hydrogens is 358 g/mol. The zero-order valence-corrected chi connectivity index (χ0v) is 15.9. The first-order chi connectivity index (χ1) is 13.4. The molecular formula is C21H21N3O4. The summed E-state index contributed by atoms with van der Waals surface area (Å²) in [6, 6.07) is 10.7. The number of amides is 1. The van der Waals surface area contributed by atoms with Crippen LogP contribution in [0.15, 0.2) is 41.2 Å². The number of anilines is 2. The average molecular weight is 379 g/mol. The van der Waals surface area contributed by atoms with Gasteiger partial charge in [0.15, 0.2) is 0 Å². The lowest BCUT2D eigenvalue weighted by Gasteiger charge is -2.14. The smallest absolute Gasteiger partial charge is 0.267 e. The molecule has 2 heterocycles. The molecule has 1 aliphatic heterocycles. The third kappa shape index (κ3) is 2.76. The molecule has 0 aliphatic carbocycles. The Kier molecular flexibility index (Phi) is 4.22. The van der Waals surface area contributed by atoms with Crippen molar-refractivity contribution >= 4 is 28.2 Å². The predicted octanol–water partition coefficient (Wildman–Crippen LogP) is 2.59. The third-order valence-electron chi connectivity index (χ3n) is 5.09. The molecule has 0 fully saturated rings. The standard InChI is InChI=1S/C21H21N3O4/c1-23(2)14-6-4-13(5-7-14)22-20(26)17-19(25)16-11-15(28-3)10-12-8-9-24(18(12)16)21(17)27/h4-7,10-11,25H,8-9H2,1-3H3,(H,22,26). The lowest BCUT2D eigenvalue weighted by atomic mass is 10.1. The first-order valence-electron chi connectivity index (χ1n) is 8.96. The van der Waals surface area contributed by atoms with Crippen molar-refractivity contribution in [3.63, 3.8) is 0 Å². The number of aromatic nitrogens is 1. The van der Waals surface area contributed by atoms with Crippen LogP contribution in [0.5, 0.6) is 11.5 Å². The number of benzene rings is 2. The van der Waals surface area contributed by atoms with Gasteiger partial charge in [-0.3, -0.25) is 9.59 Å². The van der Waals surface area contributed by atoms with Gasteiger partial charge in [0, 0.05) is 37.4 Å². The predicted molar refractivity (Wildman–Crippen MR) is 109 cm³/mol. The largest absolute Gasteiger partial charge is 0.506 e. The number of carbonyl (C=O) groups excluding carboxylic acids is 1. The van der Waals surface area contributed by atoms with Gasteiger partial charge in [-0.25, -0.2) is 0 Å². The van der Waals surface area contributed by atoms with Crippen molar-refractivity contribution in [3.05, 3.63) is 57.9 Å².